The molecule has 2 amide bonds. The van der Waals surface area contributed by atoms with E-state index in [2.05, 4.69) is 36.2 Å². The summed E-state index contributed by atoms with van der Waals surface area (Å²) in [6, 6.07) is 8.27. The zero-order chi connectivity index (χ0) is 24.7. The van der Waals surface area contributed by atoms with Gasteiger partial charge in [0.05, 0.1) is 31.2 Å². The molecule has 1 N–H and O–H groups in total. The van der Waals surface area contributed by atoms with Crippen molar-refractivity contribution < 1.29 is 19.1 Å². The van der Waals surface area contributed by atoms with Gasteiger partial charge in [-0.2, -0.15) is 0 Å². The summed E-state index contributed by atoms with van der Waals surface area (Å²) in [5.74, 6) is 1.74. The number of likely N-dealkylation sites (tertiary alicyclic amines) is 1. The first-order chi connectivity index (χ1) is 16.9. The third kappa shape index (κ3) is 6.98. The second kappa shape index (κ2) is 12.2. The molecule has 2 saturated heterocycles. The highest BCUT2D eigenvalue weighted by molar-refractivity contribution is 5.84. The molecule has 35 heavy (non-hydrogen) atoms. The molecule has 3 heterocycles. The Morgan fingerprint density at radius 2 is 1.83 bits per heavy atom. The molecule has 0 saturated carbocycles. The van der Waals surface area contributed by atoms with Gasteiger partial charge >= 0.3 is 0 Å². The maximum atomic E-state index is 13.7. The first kappa shape index (κ1) is 26.0. The molecular formula is C28H43N3O4. The predicted molar refractivity (Wildman–Crippen MR) is 136 cm³/mol. The molecule has 3 aliphatic heterocycles. The lowest BCUT2D eigenvalue weighted by atomic mass is 9.73. The SMILES string of the molecule is CC(C)C[C@H]1COc2ccccc2CCCCC2(CCN(C(=O)CN3CCOCC3)CC2)C(=O)N1. The largest absolute Gasteiger partial charge is 0.491 e. The first-order valence-electron chi connectivity index (χ1n) is 13.5. The van der Waals surface area contributed by atoms with E-state index < -0.39 is 5.41 Å². The lowest BCUT2D eigenvalue weighted by Crippen LogP contribution is -2.54. The minimum Gasteiger partial charge on any atom is -0.491 e. The Labute approximate surface area is 210 Å². The smallest absolute Gasteiger partial charge is 0.236 e. The van der Waals surface area contributed by atoms with E-state index in [1.807, 2.05) is 17.0 Å². The number of hydrogen-bond donors (Lipinski definition) is 1. The molecule has 7 heteroatoms. The Kier molecular flexibility index (Phi) is 9.06. The predicted octanol–water partition coefficient (Wildman–Crippen LogP) is 3.26. The van der Waals surface area contributed by atoms with E-state index >= 15 is 0 Å². The summed E-state index contributed by atoms with van der Waals surface area (Å²) in [4.78, 5) is 30.8. The molecule has 0 radical (unpaired) electrons. The number of morpholine rings is 1. The van der Waals surface area contributed by atoms with Crippen molar-refractivity contribution in [3.05, 3.63) is 29.8 Å². The fraction of sp³-hybridized carbons (Fsp3) is 0.714. The van der Waals surface area contributed by atoms with E-state index in [9.17, 15) is 9.59 Å². The molecule has 1 aromatic rings. The maximum absolute atomic E-state index is 13.7. The summed E-state index contributed by atoms with van der Waals surface area (Å²) in [7, 11) is 0. The Morgan fingerprint density at radius 3 is 2.57 bits per heavy atom. The van der Waals surface area contributed by atoms with Crippen molar-refractivity contribution in [1.82, 2.24) is 15.1 Å². The Hall–Kier alpha value is -2.12. The molecule has 0 bridgehead atoms. The van der Waals surface area contributed by atoms with Gasteiger partial charge < -0.3 is 19.7 Å². The van der Waals surface area contributed by atoms with Gasteiger partial charge in [-0.15, -0.1) is 0 Å². The van der Waals surface area contributed by atoms with Crippen LogP contribution < -0.4 is 10.1 Å². The van der Waals surface area contributed by atoms with Gasteiger partial charge in [-0.25, -0.2) is 0 Å². The van der Waals surface area contributed by atoms with Crippen molar-refractivity contribution in [3.63, 3.8) is 0 Å². The second-order valence-corrected chi connectivity index (χ2v) is 11.0. The van der Waals surface area contributed by atoms with Crippen LogP contribution in [0.1, 0.15) is 57.9 Å². The van der Waals surface area contributed by atoms with Crippen LogP contribution in [0.5, 0.6) is 5.75 Å². The van der Waals surface area contributed by atoms with Gasteiger partial charge in [-0.05, 0) is 56.1 Å². The number of nitrogens with one attached hydrogen (secondary N) is 1. The van der Waals surface area contributed by atoms with Gasteiger partial charge in [0.1, 0.15) is 12.4 Å². The molecule has 194 valence electrons. The summed E-state index contributed by atoms with van der Waals surface area (Å²) < 4.78 is 11.6. The van der Waals surface area contributed by atoms with E-state index in [0.29, 0.717) is 45.4 Å². The molecule has 1 atom stereocenters. The Balaban J connectivity index is 1.43. The number of nitrogens with zero attached hydrogens (tertiary/aromatic N) is 2. The van der Waals surface area contributed by atoms with Crippen molar-refractivity contribution in [2.24, 2.45) is 11.3 Å². The summed E-state index contributed by atoms with van der Waals surface area (Å²) in [6.07, 6.45) is 6.23. The molecule has 7 nitrogen and oxygen atoms in total. The average molecular weight is 486 g/mol. The fourth-order valence-electron chi connectivity index (χ4n) is 5.72. The Bertz CT molecular complexity index is 844. The van der Waals surface area contributed by atoms with Gasteiger partial charge in [0.15, 0.2) is 0 Å². The number of carbonyl (C=O) groups is 2. The third-order valence-electron chi connectivity index (χ3n) is 7.87. The quantitative estimate of drug-likeness (QED) is 0.709. The van der Waals surface area contributed by atoms with Crippen molar-refractivity contribution in [1.29, 1.82) is 0 Å². The average Bonchev–Trinajstić information content (AvgIpc) is 2.85. The summed E-state index contributed by atoms with van der Waals surface area (Å²) >= 11 is 0. The number of hydrogen-bond acceptors (Lipinski definition) is 5. The van der Waals surface area contributed by atoms with Crippen LogP contribution in [0.25, 0.3) is 0 Å². The zero-order valence-electron chi connectivity index (χ0n) is 21.6. The minimum atomic E-state index is -0.399. The van der Waals surface area contributed by atoms with Gasteiger partial charge in [-0.1, -0.05) is 38.5 Å². The Morgan fingerprint density at radius 1 is 1.09 bits per heavy atom. The topological polar surface area (TPSA) is 71.1 Å². The van der Waals surface area contributed by atoms with E-state index in [0.717, 1.165) is 63.8 Å². The van der Waals surface area contributed by atoms with Crippen LogP contribution in [0, 0.1) is 11.3 Å². The normalized spacial score (nSPS) is 24.1. The van der Waals surface area contributed by atoms with E-state index in [1.54, 1.807) is 0 Å². The molecule has 1 spiro atoms. The van der Waals surface area contributed by atoms with Crippen LogP contribution in [0.3, 0.4) is 0 Å². The highest BCUT2D eigenvalue weighted by Gasteiger charge is 2.42. The molecule has 3 aliphatic rings. The number of piperidine rings is 1. The van der Waals surface area contributed by atoms with Crippen LogP contribution in [0.4, 0.5) is 0 Å². The monoisotopic (exact) mass is 485 g/mol. The second-order valence-electron chi connectivity index (χ2n) is 11.0. The number of benzene rings is 1. The van der Waals surface area contributed by atoms with Crippen LogP contribution >= 0.6 is 0 Å². The van der Waals surface area contributed by atoms with Crippen molar-refractivity contribution >= 4 is 11.8 Å². The van der Waals surface area contributed by atoms with Crippen LogP contribution in [0.15, 0.2) is 24.3 Å². The molecule has 1 aromatic carbocycles. The summed E-state index contributed by atoms with van der Waals surface area (Å²) in [6.45, 7) is 9.65. The maximum Gasteiger partial charge on any atom is 0.236 e. The van der Waals surface area contributed by atoms with Gasteiger partial charge in [0.2, 0.25) is 11.8 Å². The number of ether oxygens (including phenoxy) is 2. The zero-order valence-corrected chi connectivity index (χ0v) is 21.6. The van der Waals surface area contributed by atoms with E-state index in [1.165, 1.54) is 5.56 Å². The van der Waals surface area contributed by atoms with E-state index in [4.69, 9.17) is 9.47 Å². The van der Waals surface area contributed by atoms with Gasteiger partial charge in [0, 0.05) is 26.2 Å². The fourth-order valence-corrected chi connectivity index (χ4v) is 5.72. The molecule has 0 aromatic heterocycles. The molecule has 0 aliphatic carbocycles. The van der Waals surface area contributed by atoms with Gasteiger partial charge in [0.25, 0.3) is 0 Å². The van der Waals surface area contributed by atoms with Gasteiger partial charge in [-0.3, -0.25) is 14.5 Å². The third-order valence-corrected chi connectivity index (χ3v) is 7.87. The van der Waals surface area contributed by atoms with Crippen LogP contribution in [-0.2, 0) is 20.7 Å². The first-order valence-corrected chi connectivity index (χ1v) is 13.5. The number of para-hydroxylation sites is 1. The lowest BCUT2D eigenvalue weighted by Gasteiger charge is -2.42. The highest BCUT2D eigenvalue weighted by Crippen LogP contribution is 2.38. The molecule has 4 rings (SSSR count). The van der Waals surface area contributed by atoms with Crippen LogP contribution in [-0.4, -0.2) is 80.2 Å². The molecular weight excluding hydrogens is 442 g/mol. The number of amides is 2. The standard InChI is InChI=1S/C28H43N3O4/c1-22(2)19-24-21-35-25-9-4-3-7-23(25)8-5-6-10-28(27(33)29-24)11-13-31(14-12-28)26(32)20-30-15-17-34-18-16-30/h3-4,7,9,22,24H,5-6,8,10-21H2,1-2H3,(H,29,33)/t24-/m0/s1. The van der Waals surface area contributed by atoms with Crippen molar-refractivity contribution in [3.8, 4) is 5.75 Å². The number of carbonyl (C=O) groups excluding carboxylic acids is 2. The summed E-state index contributed by atoms with van der Waals surface area (Å²) in [5.41, 5.74) is 0.851. The van der Waals surface area contributed by atoms with E-state index in [-0.39, 0.29) is 17.9 Å². The lowest BCUT2D eigenvalue weighted by molar-refractivity contribution is -0.142. The molecule has 0 unspecified atom stereocenters. The number of aryl methyl sites for hydroxylation is 1. The highest BCUT2D eigenvalue weighted by atomic mass is 16.5. The molecule has 2 fully saturated rings. The number of fused-ring (bicyclic) bond motifs is 1. The minimum absolute atomic E-state index is 0.0205. The summed E-state index contributed by atoms with van der Waals surface area (Å²) in [5, 5.41) is 3.38. The van der Waals surface area contributed by atoms with Crippen molar-refractivity contribution in [2.75, 3.05) is 52.5 Å². The number of rotatable bonds is 4. The van der Waals surface area contributed by atoms with Crippen LogP contribution in [0.2, 0.25) is 0 Å². The van der Waals surface area contributed by atoms with Crippen molar-refractivity contribution in [2.45, 2.75) is 64.8 Å².